The van der Waals surface area contributed by atoms with E-state index in [2.05, 4.69) is 38.4 Å². The molecule has 0 N–H and O–H groups in total. The van der Waals surface area contributed by atoms with Gasteiger partial charge in [-0.15, -0.1) is 11.3 Å². The molecule has 3 aromatic rings. The minimum Gasteiger partial charge on any atom is -0.454 e. The highest BCUT2D eigenvalue weighted by Gasteiger charge is 2.13. The number of rotatable bonds is 6. The molecule has 0 amide bonds. The lowest BCUT2D eigenvalue weighted by molar-refractivity contribution is 0.174. The SMILES string of the molecule is COCCN=c1scc(-c2cccc(Br)c2)n1/N=C/c1ccc2c(c1)OCO2. The van der Waals surface area contributed by atoms with E-state index in [9.17, 15) is 0 Å². The molecule has 4 rings (SSSR count). The van der Waals surface area contributed by atoms with Gasteiger partial charge < -0.3 is 14.2 Å². The van der Waals surface area contributed by atoms with Crippen molar-refractivity contribution in [3.63, 3.8) is 0 Å². The summed E-state index contributed by atoms with van der Waals surface area (Å²) in [5.41, 5.74) is 2.95. The minimum absolute atomic E-state index is 0.255. The van der Waals surface area contributed by atoms with Crippen LogP contribution in [0.4, 0.5) is 0 Å². The third kappa shape index (κ3) is 4.19. The predicted molar refractivity (Wildman–Crippen MR) is 113 cm³/mol. The van der Waals surface area contributed by atoms with Crippen molar-refractivity contribution in [1.29, 1.82) is 0 Å². The number of hydrogen-bond acceptors (Lipinski definition) is 6. The predicted octanol–water partition coefficient (Wildman–Crippen LogP) is 4.14. The average molecular weight is 460 g/mol. The van der Waals surface area contributed by atoms with E-state index in [4.69, 9.17) is 19.3 Å². The van der Waals surface area contributed by atoms with Gasteiger partial charge in [0.2, 0.25) is 11.6 Å². The van der Waals surface area contributed by atoms with Crippen molar-refractivity contribution in [2.75, 3.05) is 27.1 Å². The van der Waals surface area contributed by atoms with Gasteiger partial charge in [0.15, 0.2) is 11.5 Å². The Hall–Kier alpha value is -2.42. The molecule has 0 radical (unpaired) electrons. The summed E-state index contributed by atoms with van der Waals surface area (Å²) in [5, 5.41) is 6.76. The van der Waals surface area contributed by atoms with Crippen LogP contribution in [0.25, 0.3) is 11.3 Å². The molecule has 144 valence electrons. The number of thiazole rings is 1. The van der Waals surface area contributed by atoms with Crippen LogP contribution in [0.5, 0.6) is 11.5 Å². The molecule has 2 aromatic carbocycles. The lowest BCUT2D eigenvalue weighted by atomic mass is 10.2. The normalized spacial score (nSPS) is 13.6. The van der Waals surface area contributed by atoms with Crippen LogP contribution in [0.15, 0.2) is 62.4 Å². The standard InChI is InChI=1S/C20H18BrN3O3S/c1-25-8-7-22-20-24(17(12-28-20)15-3-2-4-16(21)10-15)23-11-14-5-6-18-19(9-14)27-13-26-18/h2-6,9-12H,7-8,13H2,1H3/b22-20?,23-11+. The van der Waals surface area contributed by atoms with E-state index in [1.807, 2.05) is 35.0 Å². The second-order valence-electron chi connectivity index (χ2n) is 5.96. The Kier molecular flexibility index (Phi) is 5.90. The first kappa shape index (κ1) is 18.9. The van der Waals surface area contributed by atoms with Crippen LogP contribution in [0.2, 0.25) is 0 Å². The van der Waals surface area contributed by atoms with Crippen LogP contribution >= 0.6 is 27.3 Å². The highest BCUT2D eigenvalue weighted by atomic mass is 79.9. The van der Waals surface area contributed by atoms with E-state index in [1.165, 1.54) is 0 Å². The Morgan fingerprint density at radius 2 is 2.11 bits per heavy atom. The fraction of sp³-hybridized carbons (Fsp3) is 0.200. The van der Waals surface area contributed by atoms with E-state index in [1.54, 1.807) is 24.7 Å². The molecule has 28 heavy (non-hydrogen) atoms. The maximum atomic E-state index is 5.45. The molecule has 0 fully saturated rings. The van der Waals surface area contributed by atoms with Gasteiger partial charge in [0, 0.05) is 22.5 Å². The van der Waals surface area contributed by atoms with E-state index in [0.29, 0.717) is 13.2 Å². The molecule has 1 aliphatic heterocycles. The summed E-state index contributed by atoms with van der Waals surface area (Å²) in [6, 6.07) is 13.9. The number of hydrogen-bond donors (Lipinski definition) is 0. The van der Waals surface area contributed by atoms with Gasteiger partial charge in [0.25, 0.3) is 0 Å². The maximum Gasteiger partial charge on any atom is 0.231 e. The topological polar surface area (TPSA) is 57.3 Å². The summed E-state index contributed by atoms with van der Waals surface area (Å²) in [5.74, 6) is 1.49. The number of ether oxygens (including phenoxy) is 3. The highest BCUT2D eigenvalue weighted by Crippen LogP contribution is 2.32. The smallest absolute Gasteiger partial charge is 0.231 e. The summed E-state index contributed by atoms with van der Waals surface area (Å²) in [4.78, 5) is 5.43. The van der Waals surface area contributed by atoms with Crippen molar-refractivity contribution in [3.8, 4) is 22.8 Å². The van der Waals surface area contributed by atoms with Gasteiger partial charge in [-0.2, -0.15) is 5.10 Å². The molecule has 0 aliphatic carbocycles. The molecule has 1 aliphatic rings. The van der Waals surface area contributed by atoms with E-state index >= 15 is 0 Å². The van der Waals surface area contributed by atoms with Crippen molar-refractivity contribution in [1.82, 2.24) is 4.68 Å². The Labute approximate surface area is 174 Å². The number of benzene rings is 2. The van der Waals surface area contributed by atoms with E-state index < -0.39 is 0 Å². The van der Waals surface area contributed by atoms with Crippen LogP contribution in [-0.4, -0.2) is 37.9 Å². The van der Waals surface area contributed by atoms with Crippen molar-refractivity contribution in [2.24, 2.45) is 10.1 Å². The van der Waals surface area contributed by atoms with Crippen molar-refractivity contribution >= 4 is 33.5 Å². The zero-order valence-electron chi connectivity index (χ0n) is 15.2. The van der Waals surface area contributed by atoms with E-state index in [0.717, 1.165) is 37.6 Å². The molecular weight excluding hydrogens is 442 g/mol. The summed E-state index contributed by atoms with van der Waals surface area (Å²) in [6.45, 7) is 1.40. The fourth-order valence-electron chi connectivity index (χ4n) is 2.72. The molecule has 0 atom stereocenters. The Morgan fingerprint density at radius 1 is 1.21 bits per heavy atom. The van der Waals surface area contributed by atoms with Crippen molar-refractivity contribution < 1.29 is 14.2 Å². The van der Waals surface area contributed by atoms with Crippen LogP contribution in [0, 0.1) is 0 Å². The Morgan fingerprint density at radius 3 is 2.96 bits per heavy atom. The lowest BCUT2D eigenvalue weighted by Crippen LogP contribution is -2.13. The van der Waals surface area contributed by atoms with Crippen molar-refractivity contribution in [2.45, 2.75) is 0 Å². The van der Waals surface area contributed by atoms with Crippen LogP contribution in [0.1, 0.15) is 5.56 Å². The third-order valence-electron chi connectivity index (χ3n) is 4.07. The summed E-state index contributed by atoms with van der Waals surface area (Å²) in [7, 11) is 1.67. The Balaban J connectivity index is 1.72. The second kappa shape index (κ2) is 8.72. The van der Waals surface area contributed by atoms with Gasteiger partial charge in [-0.1, -0.05) is 28.1 Å². The van der Waals surface area contributed by atoms with Crippen molar-refractivity contribution in [3.05, 3.63) is 62.7 Å². The molecule has 0 saturated heterocycles. The largest absolute Gasteiger partial charge is 0.454 e. The molecule has 6 nitrogen and oxygen atoms in total. The maximum absolute atomic E-state index is 5.45. The second-order valence-corrected chi connectivity index (χ2v) is 7.71. The van der Waals surface area contributed by atoms with Crippen LogP contribution in [-0.2, 0) is 4.74 Å². The number of aromatic nitrogens is 1. The third-order valence-corrected chi connectivity index (χ3v) is 5.41. The quantitative estimate of drug-likeness (QED) is 0.411. The summed E-state index contributed by atoms with van der Waals surface area (Å²) < 4.78 is 18.8. The molecule has 0 unspecified atom stereocenters. The van der Waals surface area contributed by atoms with Crippen LogP contribution < -0.4 is 14.3 Å². The zero-order valence-corrected chi connectivity index (χ0v) is 17.6. The lowest BCUT2D eigenvalue weighted by Gasteiger charge is -2.04. The number of methoxy groups -OCH3 is 1. The van der Waals surface area contributed by atoms with Gasteiger partial charge in [0.1, 0.15) is 0 Å². The van der Waals surface area contributed by atoms with Gasteiger partial charge >= 0.3 is 0 Å². The Bertz CT molecular complexity index is 1070. The first-order valence-corrected chi connectivity index (χ1v) is 10.3. The van der Waals surface area contributed by atoms with E-state index in [-0.39, 0.29) is 6.79 Å². The fourth-order valence-corrected chi connectivity index (χ4v) is 3.98. The monoisotopic (exact) mass is 459 g/mol. The van der Waals surface area contributed by atoms with Gasteiger partial charge in [-0.3, -0.25) is 4.99 Å². The number of nitrogens with zero attached hydrogens (tertiary/aromatic N) is 3. The van der Waals surface area contributed by atoms with Gasteiger partial charge in [-0.05, 0) is 35.9 Å². The van der Waals surface area contributed by atoms with Crippen LogP contribution in [0.3, 0.4) is 0 Å². The molecule has 0 spiro atoms. The molecule has 0 bridgehead atoms. The number of fused-ring (bicyclic) bond motifs is 1. The molecule has 8 heteroatoms. The molecule has 2 heterocycles. The number of halogens is 1. The average Bonchev–Trinajstić information content (AvgIpc) is 3.33. The summed E-state index contributed by atoms with van der Waals surface area (Å²) >= 11 is 5.09. The molecule has 1 aromatic heterocycles. The first-order chi connectivity index (χ1) is 13.7. The zero-order chi connectivity index (χ0) is 19.3. The molecular formula is C20H18BrN3O3S. The van der Waals surface area contributed by atoms with Gasteiger partial charge in [-0.25, -0.2) is 4.68 Å². The van der Waals surface area contributed by atoms with Gasteiger partial charge in [0.05, 0.1) is 25.1 Å². The molecule has 0 saturated carbocycles. The highest BCUT2D eigenvalue weighted by molar-refractivity contribution is 9.10. The first-order valence-electron chi connectivity index (χ1n) is 8.64. The minimum atomic E-state index is 0.255. The summed E-state index contributed by atoms with van der Waals surface area (Å²) in [6.07, 6.45) is 1.80.